The van der Waals surface area contributed by atoms with Gasteiger partial charge in [0, 0.05) is 50.9 Å². The lowest BCUT2D eigenvalue weighted by Gasteiger charge is -2.38. The lowest BCUT2D eigenvalue weighted by Crippen LogP contribution is -2.50. The molecule has 2 heterocycles. The van der Waals surface area contributed by atoms with Crippen LogP contribution < -0.4 is 10.1 Å². The number of nitrogens with one attached hydrogen (secondary N) is 1. The van der Waals surface area contributed by atoms with Gasteiger partial charge in [-0.25, -0.2) is 0 Å². The van der Waals surface area contributed by atoms with E-state index in [4.69, 9.17) is 0 Å². The summed E-state index contributed by atoms with van der Waals surface area (Å²) in [6.07, 6.45) is -3.47. The molecule has 1 atom stereocenters. The van der Waals surface area contributed by atoms with Crippen molar-refractivity contribution in [3.63, 3.8) is 0 Å². The van der Waals surface area contributed by atoms with E-state index in [1.807, 2.05) is 0 Å². The maximum Gasteiger partial charge on any atom is 0.573 e. The first-order chi connectivity index (χ1) is 11.0. The molecule has 1 N–H and O–H groups in total. The van der Waals surface area contributed by atoms with E-state index < -0.39 is 6.36 Å². The lowest BCUT2D eigenvalue weighted by molar-refractivity contribution is -0.275. The lowest BCUT2D eigenvalue weighted by atomic mass is 10.1. The van der Waals surface area contributed by atoms with E-state index >= 15 is 0 Å². The number of halogens is 4. The fourth-order valence-corrected chi connectivity index (χ4v) is 3.34. The van der Waals surface area contributed by atoms with Crippen molar-refractivity contribution in [2.75, 3.05) is 39.3 Å². The first-order valence-corrected chi connectivity index (χ1v) is 8.02. The molecule has 4 nitrogen and oxygen atoms in total. The van der Waals surface area contributed by atoms with E-state index in [2.05, 4.69) is 19.9 Å². The van der Waals surface area contributed by atoms with Crippen molar-refractivity contribution in [1.29, 1.82) is 0 Å². The summed E-state index contributed by atoms with van der Waals surface area (Å²) in [5, 5.41) is 3.37. The van der Waals surface area contributed by atoms with Gasteiger partial charge in [-0.2, -0.15) is 0 Å². The van der Waals surface area contributed by atoms with Crippen molar-refractivity contribution in [3.8, 4) is 5.75 Å². The molecular formula is C16H23ClF3N3O. The van der Waals surface area contributed by atoms with Crippen LogP contribution in [0, 0.1) is 0 Å². The standard InChI is InChI=1S/C16H22F3N3O.ClH/c17-16(18,19)23-15-4-2-1-3-13(15)12-21-7-9-22(10-8-21)14-5-6-20-11-14;/h1-4,14,20H,5-12H2;1H. The van der Waals surface area contributed by atoms with Crippen LogP contribution in [0.15, 0.2) is 24.3 Å². The molecule has 2 aliphatic rings. The molecule has 0 amide bonds. The average Bonchev–Trinajstić information content (AvgIpc) is 3.03. The smallest absolute Gasteiger partial charge is 0.405 e. The summed E-state index contributed by atoms with van der Waals surface area (Å²) in [5.74, 6) is -0.0950. The summed E-state index contributed by atoms with van der Waals surface area (Å²) in [7, 11) is 0. The zero-order valence-corrected chi connectivity index (χ0v) is 14.2. The van der Waals surface area contributed by atoms with Crippen molar-refractivity contribution in [3.05, 3.63) is 29.8 Å². The molecule has 2 fully saturated rings. The fraction of sp³-hybridized carbons (Fsp3) is 0.625. The third-order valence-corrected chi connectivity index (χ3v) is 4.55. The van der Waals surface area contributed by atoms with E-state index in [-0.39, 0.29) is 18.2 Å². The van der Waals surface area contributed by atoms with Crippen molar-refractivity contribution in [2.24, 2.45) is 0 Å². The van der Waals surface area contributed by atoms with Crippen LogP contribution in [0.3, 0.4) is 0 Å². The molecule has 1 unspecified atom stereocenters. The highest BCUT2D eigenvalue weighted by molar-refractivity contribution is 5.85. The van der Waals surface area contributed by atoms with Crippen molar-refractivity contribution in [2.45, 2.75) is 25.4 Å². The second kappa shape index (κ2) is 8.38. The Morgan fingerprint density at radius 2 is 1.83 bits per heavy atom. The molecule has 136 valence electrons. The molecule has 0 saturated carbocycles. The monoisotopic (exact) mass is 365 g/mol. The van der Waals surface area contributed by atoms with Crippen LogP contribution in [0.4, 0.5) is 13.2 Å². The summed E-state index contributed by atoms with van der Waals surface area (Å²) >= 11 is 0. The molecule has 2 saturated heterocycles. The number of hydrogen-bond acceptors (Lipinski definition) is 4. The van der Waals surface area contributed by atoms with Crippen molar-refractivity contribution in [1.82, 2.24) is 15.1 Å². The highest BCUT2D eigenvalue weighted by atomic mass is 35.5. The van der Waals surface area contributed by atoms with Crippen LogP contribution in [-0.4, -0.2) is 61.5 Å². The van der Waals surface area contributed by atoms with E-state index in [1.54, 1.807) is 18.2 Å². The summed E-state index contributed by atoms with van der Waals surface area (Å²) in [6.45, 7) is 6.29. The summed E-state index contributed by atoms with van der Waals surface area (Å²) in [5.41, 5.74) is 0.584. The molecule has 0 aromatic heterocycles. The Balaban J connectivity index is 0.00000208. The van der Waals surface area contributed by atoms with Gasteiger partial charge in [0.15, 0.2) is 0 Å². The van der Waals surface area contributed by atoms with Gasteiger partial charge in [0.1, 0.15) is 5.75 Å². The molecule has 3 rings (SSSR count). The molecule has 24 heavy (non-hydrogen) atoms. The fourth-order valence-electron chi connectivity index (χ4n) is 3.34. The maximum atomic E-state index is 12.5. The summed E-state index contributed by atoms with van der Waals surface area (Å²) in [6, 6.07) is 7.00. The predicted octanol–water partition coefficient (Wildman–Crippen LogP) is 2.49. The number of para-hydroxylation sites is 1. The molecule has 0 spiro atoms. The van der Waals surface area contributed by atoms with Gasteiger partial charge < -0.3 is 10.1 Å². The Bertz CT molecular complexity index is 516. The first-order valence-electron chi connectivity index (χ1n) is 8.02. The highest BCUT2D eigenvalue weighted by Gasteiger charge is 2.32. The molecule has 1 aromatic carbocycles. The summed E-state index contributed by atoms with van der Waals surface area (Å²) < 4.78 is 41.6. The number of ether oxygens (including phenoxy) is 1. The van der Waals surface area contributed by atoms with Gasteiger partial charge in [0.2, 0.25) is 0 Å². The Kier molecular flexibility index (Phi) is 6.74. The van der Waals surface area contributed by atoms with Crippen LogP contribution in [0.1, 0.15) is 12.0 Å². The third kappa shape index (κ3) is 5.24. The average molecular weight is 366 g/mol. The summed E-state index contributed by atoms with van der Waals surface area (Å²) in [4.78, 5) is 4.67. The Labute approximate surface area is 146 Å². The number of rotatable bonds is 4. The minimum absolute atomic E-state index is 0. The van der Waals surface area contributed by atoms with Gasteiger partial charge in [-0.05, 0) is 19.0 Å². The molecule has 2 aliphatic heterocycles. The van der Waals surface area contributed by atoms with Crippen molar-refractivity contribution >= 4 is 12.4 Å². The van der Waals surface area contributed by atoms with Gasteiger partial charge in [-0.15, -0.1) is 25.6 Å². The SMILES string of the molecule is Cl.FC(F)(F)Oc1ccccc1CN1CCN(C2CCNC2)CC1. The molecule has 0 aliphatic carbocycles. The van der Waals surface area contributed by atoms with Crippen LogP contribution in [-0.2, 0) is 6.54 Å². The molecular weight excluding hydrogens is 343 g/mol. The third-order valence-electron chi connectivity index (χ3n) is 4.55. The van der Waals surface area contributed by atoms with Crippen molar-refractivity contribution < 1.29 is 17.9 Å². The van der Waals surface area contributed by atoms with Gasteiger partial charge in [0.25, 0.3) is 0 Å². The van der Waals surface area contributed by atoms with Gasteiger partial charge >= 0.3 is 6.36 Å². The predicted molar refractivity (Wildman–Crippen MR) is 88.5 cm³/mol. The topological polar surface area (TPSA) is 27.7 Å². The molecule has 8 heteroatoms. The van der Waals surface area contributed by atoms with E-state index in [0.29, 0.717) is 18.2 Å². The number of piperazine rings is 1. The van der Waals surface area contributed by atoms with E-state index in [1.165, 1.54) is 12.5 Å². The van der Waals surface area contributed by atoms with Gasteiger partial charge in [0.05, 0.1) is 0 Å². The van der Waals surface area contributed by atoms with Crippen LogP contribution in [0.25, 0.3) is 0 Å². The van der Waals surface area contributed by atoms with Crippen LogP contribution >= 0.6 is 12.4 Å². The Morgan fingerprint density at radius 1 is 1.12 bits per heavy atom. The van der Waals surface area contributed by atoms with Gasteiger partial charge in [-0.3, -0.25) is 9.80 Å². The minimum Gasteiger partial charge on any atom is -0.405 e. The molecule has 1 aromatic rings. The second-order valence-electron chi connectivity index (χ2n) is 6.11. The zero-order chi connectivity index (χ0) is 16.3. The number of nitrogens with zero attached hydrogens (tertiary/aromatic N) is 2. The molecule has 0 radical (unpaired) electrons. The van der Waals surface area contributed by atoms with E-state index in [9.17, 15) is 13.2 Å². The van der Waals surface area contributed by atoms with Crippen LogP contribution in [0.5, 0.6) is 5.75 Å². The quantitative estimate of drug-likeness (QED) is 0.887. The maximum absolute atomic E-state index is 12.5. The Morgan fingerprint density at radius 3 is 2.46 bits per heavy atom. The van der Waals surface area contributed by atoms with E-state index in [0.717, 1.165) is 39.3 Å². The highest BCUT2D eigenvalue weighted by Crippen LogP contribution is 2.27. The second-order valence-corrected chi connectivity index (χ2v) is 6.11. The minimum atomic E-state index is -4.65. The number of alkyl halides is 3. The number of hydrogen-bond donors (Lipinski definition) is 1. The first kappa shape index (κ1) is 19.3. The molecule has 0 bridgehead atoms. The normalized spacial score (nSPS) is 23.0. The largest absolute Gasteiger partial charge is 0.573 e. The van der Waals surface area contributed by atoms with Gasteiger partial charge in [-0.1, -0.05) is 18.2 Å². The zero-order valence-electron chi connectivity index (χ0n) is 13.4. The number of benzene rings is 1. The Hall–Kier alpha value is -1.02. The van der Waals surface area contributed by atoms with Crippen LogP contribution in [0.2, 0.25) is 0 Å².